The average Bonchev–Trinajstić information content (AvgIpc) is 2.44. The van der Waals surface area contributed by atoms with Gasteiger partial charge in [0, 0.05) is 6.42 Å². The van der Waals surface area contributed by atoms with Gasteiger partial charge in [-0.1, -0.05) is 16.9 Å². The van der Waals surface area contributed by atoms with Gasteiger partial charge in [0.2, 0.25) is 0 Å². The van der Waals surface area contributed by atoms with Crippen LogP contribution in [0.4, 0.5) is 0 Å². The Morgan fingerprint density at radius 2 is 1.91 bits per heavy atom. The summed E-state index contributed by atoms with van der Waals surface area (Å²) in [4.78, 5) is 0. The van der Waals surface area contributed by atoms with E-state index in [1.54, 1.807) is 0 Å². The smallest absolute Gasteiger partial charge is 0.394 e. The van der Waals surface area contributed by atoms with E-state index in [4.69, 9.17) is 14.4 Å². The van der Waals surface area contributed by atoms with E-state index < -0.39 is 53.0 Å². The highest BCUT2D eigenvalue weighted by Gasteiger charge is 2.44. The average molecular weight is 377 g/mol. The molecule has 0 amide bonds. The Morgan fingerprint density at radius 3 is 2.39 bits per heavy atom. The van der Waals surface area contributed by atoms with Crippen molar-refractivity contribution in [1.29, 1.82) is 0 Å². The minimum absolute atomic E-state index is 0.165. The van der Waals surface area contributed by atoms with E-state index in [1.165, 1.54) is 6.92 Å². The van der Waals surface area contributed by atoms with Crippen molar-refractivity contribution in [1.82, 2.24) is 0 Å². The van der Waals surface area contributed by atoms with E-state index in [2.05, 4.69) is 9.44 Å². The number of oxime groups is 1. The van der Waals surface area contributed by atoms with Gasteiger partial charge in [-0.05, 0) is 6.92 Å². The largest absolute Gasteiger partial charge is 0.466 e. The van der Waals surface area contributed by atoms with E-state index in [0.29, 0.717) is 11.8 Å². The number of hydrogen-bond acceptors (Lipinski definition) is 11. The fraction of sp³-hybridized carbons (Fsp3) is 0.900. The molecular formula is C10H19NO10S2. The van der Waals surface area contributed by atoms with Crippen LogP contribution in [0.1, 0.15) is 13.3 Å². The molecule has 1 fully saturated rings. The highest BCUT2D eigenvalue weighted by Crippen LogP contribution is 2.30. The summed E-state index contributed by atoms with van der Waals surface area (Å²) < 4.78 is 38.6. The van der Waals surface area contributed by atoms with Crippen LogP contribution in [0, 0.1) is 0 Å². The molecule has 6 atom stereocenters. The Morgan fingerprint density at radius 1 is 1.30 bits per heavy atom. The normalized spacial score (nSPS) is 34.2. The first-order valence-electron chi connectivity index (χ1n) is 6.43. The van der Waals surface area contributed by atoms with Crippen molar-refractivity contribution in [2.45, 2.75) is 49.3 Å². The minimum Gasteiger partial charge on any atom is -0.394 e. The predicted octanol–water partition coefficient (Wildman–Crippen LogP) is -2.58. The summed E-state index contributed by atoms with van der Waals surface area (Å²) in [6, 6.07) is 0. The first kappa shape index (κ1) is 20.5. The first-order valence-corrected chi connectivity index (χ1v) is 8.67. The van der Waals surface area contributed by atoms with Crippen LogP contribution >= 0.6 is 11.8 Å². The van der Waals surface area contributed by atoms with Crippen LogP contribution in [-0.4, -0.2) is 86.1 Å². The van der Waals surface area contributed by atoms with E-state index in [1.807, 2.05) is 0 Å². The Hall–Kier alpha value is -0.510. The zero-order valence-corrected chi connectivity index (χ0v) is 13.6. The highest BCUT2D eigenvalue weighted by molar-refractivity contribution is 8.14. The van der Waals surface area contributed by atoms with Gasteiger partial charge in [-0.2, -0.15) is 8.42 Å². The third kappa shape index (κ3) is 6.48. The van der Waals surface area contributed by atoms with Gasteiger partial charge in [-0.3, -0.25) is 4.55 Å². The van der Waals surface area contributed by atoms with Crippen LogP contribution < -0.4 is 0 Å². The fourth-order valence-electron chi connectivity index (χ4n) is 1.75. The SMILES string of the molecule is CC(O)CC(=NOS(=O)(=O)O)S[C@@H]1O[C@H](CO)[C@@H](O)[C@H](O)[C@H]1O. The number of aliphatic hydroxyl groups is 5. The van der Waals surface area contributed by atoms with Crippen molar-refractivity contribution in [2.24, 2.45) is 5.16 Å². The molecule has 0 aromatic carbocycles. The maximum absolute atomic E-state index is 10.5. The van der Waals surface area contributed by atoms with Gasteiger partial charge in [0.15, 0.2) is 0 Å². The molecule has 1 heterocycles. The summed E-state index contributed by atoms with van der Waals surface area (Å²) in [5, 5.41) is 50.6. The topological polar surface area (TPSA) is 186 Å². The van der Waals surface area contributed by atoms with Crippen molar-refractivity contribution in [3.05, 3.63) is 0 Å². The number of aliphatic hydroxyl groups excluding tert-OH is 5. The Bertz CT molecular complexity index is 508. The predicted molar refractivity (Wildman–Crippen MR) is 77.7 cm³/mol. The molecule has 0 saturated carbocycles. The standard InChI is InChI=1S/C10H19NO10S2/c1-4(13)2-6(11-21-23(17,18)19)22-10-9(16)8(15)7(14)5(3-12)20-10/h4-5,7-10,12-16H,2-3H2,1H3,(H,17,18,19)/t4?,5-,7-,8+,9-,10+/m1/s1. The second kappa shape index (κ2) is 8.55. The zero-order valence-electron chi connectivity index (χ0n) is 12.0. The number of rotatable bonds is 6. The quantitative estimate of drug-likeness (QED) is 0.123. The van der Waals surface area contributed by atoms with Crippen LogP contribution in [0.3, 0.4) is 0 Å². The summed E-state index contributed by atoms with van der Waals surface area (Å²) in [6.07, 6.45) is -7.05. The molecular weight excluding hydrogens is 358 g/mol. The minimum atomic E-state index is -4.86. The molecule has 1 aliphatic rings. The van der Waals surface area contributed by atoms with Crippen LogP contribution in [0.15, 0.2) is 5.16 Å². The summed E-state index contributed by atoms with van der Waals surface area (Å²) in [5.74, 6) is 0. The third-order valence-electron chi connectivity index (χ3n) is 2.80. The van der Waals surface area contributed by atoms with Gasteiger partial charge >= 0.3 is 10.4 Å². The van der Waals surface area contributed by atoms with Crippen molar-refractivity contribution in [3.63, 3.8) is 0 Å². The number of hydrogen-bond donors (Lipinski definition) is 6. The molecule has 0 spiro atoms. The molecule has 0 radical (unpaired) electrons. The molecule has 11 nitrogen and oxygen atoms in total. The molecule has 1 aliphatic heterocycles. The van der Waals surface area contributed by atoms with E-state index >= 15 is 0 Å². The lowest BCUT2D eigenvalue weighted by molar-refractivity contribution is -0.205. The molecule has 0 aromatic heterocycles. The summed E-state index contributed by atoms with van der Waals surface area (Å²) in [5.41, 5.74) is -1.23. The Balaban J connectivity index is 2.88. The van der Waals surface area contributed by atoms with Crippen molar-refractivity contribution >= 4 is 27.2 Å². The molecule has 0 bridgehead atoms. The lowest BCUT2D eigenvalue weighted by Gasteiger charge is -2.39. The fourth-order valence-corrected chi connectivity index (χ4v) is 3.16. The second-order valence-electron chi connectivity index (χ2n) is 4.86. The monoisotopic (exact) mass is 377 g/mol. The molecule has 6 N–H and O–H groups in total. The first-order chi connectivity index (χ1) is 10.5. The number of thioether (sulfide) groups is 1. The molecule has 1 unspecified atom stereocenters. The van der Waals surface area contributed by atoms with Gasteiger partial charge in [-0.25, -0.2) is 4.28 Å². The summed E-state index contributed by atoms with van der Waals surface area (Å²) in [6.45, 7) is 0.739. The highest BCUT2D eigenvalue weighted by atomic mass is 32.3. The van der Waals surface area contributed by atoms with Crippen LogP contribution in [0.2, 0.25) is 0 Å². The van der Waals surface area contributed by atoms with E-state index in [9.17, 15) is 28.8 Å². The van der Waals surface area contributed by atoms with Crippen LogP contribution in [0.5, 0.6) is 0 Å². The number of nitrogens with zero attached hydrogens (tertiary/aromatic N) is 1. The van der Waals surface area contributed by atoms with Crippen molar-refractivity contribution < 1.29 is 47.5 Å². The van der Waals surface area contributed by atoms with E-state index in [0.717, 1.165) is 0 Å². The van der Waals surface area contributed by atoms with Gasteiger partial charge in [0.25, 0.3) is 0 Å². The zero-order chi connectivity index (χ0) is 17.8. The maximum Gasteiger partial charge on any atom is 0.466 e. The summed E-state index contributed by atoms with van der Waals surface area (Å²) >= 11 is 0.603. The summed E-state index contributed by atoms with van der Waals surface area (Å²) in [7, 11) is -4.86. The van der Waals surface area contributed by atoms with Crippen molar-refractivity contribution in [3.8, 4) is 0 Å². The molecule has 0 aromatic rings. The molecule has 13 heteroatoms. The maximum atomic E-state index is 10.5. The second-order valence-corrected chi connectivity index (χ2v) is 7.03. The lowest BCUT2D eigenvalue weighted by Crippen LogP contribution is -2.57. The molecule has 1 saturated heterocycles. The lowest BCUT2D eigenvalue weighted by atomic mass is 10.0. The number of ether oxygens (including phenoxy) is 1. The molecule has 23 heavy (non-hydrogen) atoms. The third-order valence-corrected chi connectivity index (χ3v) is 4.20. The van der Waals surface area contributed by atoms with E-state index in [-0.39, 0.29) is 11.5 Å². The molecule has 0 aliphatic carbocycles. The van der Waals surface area contributed by atoms with Gasteiger partial charge in [0.1, 0.15) is 34.9 Å². The Labute approximate surface area is 136 Å². The molecule has 1 rings (SSSR count). The van der Waals surface area contributed by atoms with Crippen LogP contribution in [0.25, 0.3) is 0 Å². The van der Waals surface area contributed by atoms with Gasteiger partial charge in [-0.15, -0.1) is 0 Å². The van der Waals surface area contributed by atoms with Crippen molar-refractivity contribution in [2.75, 3.05) is 6.61 Å². The van der Waals surface area contributed by atoms with Gasteiger partial charge < -0.3 is 30.3 Å². The van der Waals surface area contributed by atoms with Gasteiger partial charge in [0.05, 0.1) is 12.7 Å². The molecule has 136 valence electrons. The van der Waals surface area contributed by atoms with Crippen LogP contribution in [-0.2, 0) is 19.4 Å². The Kier molecular flexibility index (Phi) is 7.63.